The molecule has 6 atom stereocenters. The van der Waals surface area contributed by atoms with E-state index in [4.69, 9.17) is 28.4 Å². The van der Waals surface area contributed by atoms with Crippen LogP contribution in [0.4, 0.5) is 0 Å². The maximum Gasteiger partial charge on any atom is 0.190 e. The molecule has 3 aliphatic rings. The summed E-state index contributed by atoms with van der Waals surface area (Å²) in [5.74, 6) is -0.434. The van der Waals surface area contributed by atoms with Crippen LogP contribution >= 0.6 is 0 Å². The van der Waals surface area contributed by atoms with Gasteiger partial charge in [0.15, 0.2) is 12.1 Å². The molecule has 0 radical (unpaired) electrons. The summed E-state index contributed by atoms with van der Waals surface area (Å²) in [6.45, 7) is 6.77. The molecule has 0 amide bonds. The smallest absolute Gasteiger partial charge is 0.190 e. The van der Waals surface area contributed by atoms with E-state index in [1.54, 1.807) is 7.11 Å². The van der Waals surface area contributed by atoms with Crippen LogP contribution in [0, 0.1) is 5.92 Å². The first-order chi connectivity index (χ1) is 13.5. The molecule has 1 aliphatic carbocycles. The van der Waals surface area contributed by atoms with Crippen LogP contribution in [0.15, 0.2) is 30.3 Å². The average Bonchev–Trinajstić information content (AvgIpc) is 3.12. The summed E-state index contributed by atoms with van der Waals surface area (Å²) in [5, 5.41) is 0. The zero-order valence-electron chi connectivity index (χ0n) is 17.3. The Morgan fingerprint density at radius 2 is 1.82 bits per heavy atom. The highest BCUT2D eigenvalue weighted by Gasteiger charge is 2.67. The molecule has 0 aromatic heterocycles. The van der Waals surface area contributed by atoms with Gasteiger partial charge in [0.25, 0.3) is 0 Å². The van der Waals surface area contributed by atoms with E-state index in [1.165, 1.54) is 0 Å². The van der Waals surface area contributed by atoms with Crippen LogP contribution < -0.4 is 0 Å². The third kappa shape index (κ3) is 3.62. The Labute approximate surface area is 167 Å². The fourth-order valence-corrected chi connectivity index (χ4v) is 4.96. The fourth-order valence-electron chi connectivity index (χ4n) is 4.96. The average molecular weight is 392 g/mol. The lowest BCUT2D eigenvalue weighted by Crippen LogP contribution is -2.61. The second-order valence-electron chi connectivity index (χ2n) is 8.55. The number of rotatable bonds is 6. The highest BCUT2D eigenvalue weighted by molar-refractivity contribution is 5.15. The van der Waals surface area contributed by atoms with Gasteiger partial charge in [0.2, 0.25) is 0 Å². The lowest BCUT2D eigenvalue weighted by atomic mass is 9.70. The van der Waals surface area contributed by atoms with E-state index in [9.17, 15) is 0 Å². The maximum absolute atomic E-state index is 6.62. The van der Waals surface area contributed by atoms with Crippen molar-refractivity contribution in [3.05, 3.63) is 35.9 Å². The number of hydrogen-bond acceptors (Lipinski definition) is 6. The number of methoxy groups -OCH3 is 1. The van der Waals surface area contributed by atoms with Gasteiger partial charge in [-0.25, -0.2) is 0 Å². The largest absolute Gasteiger partial charge is 0.367 e. The molecule has 6 heteroatoms. The van der Waals surface area contributed by atoms with Crippen molar-refractivity contribution < 1.29 is 28.4 Å². The molecule has 4 rings (SSSR count). The summed E-state index contributed by atoms with van der Waals surface area (Å²) >= 11 is 0. The summed E-state index contributed by atoms with van der Waals surface area (Å²) in [6, 6.07) is 10.2. The molecular formula is C22H32O6. The van der Waals surface area contributed by atoms with Crippen LogP contribution in [0.25, 0.3) is 0 Å². The normalized spacial score (nSPS) is 39.4. The van der Waals surface area contributed by atoms with E-state index in [0.29, 0.717) is 6.61 Å². The van der Waals surface area contributed by atoms with Gasteiger partial charge in [0.05, 0.1) is 12.7 Å². The van der Waals surface area contributed by atoms with E-state index in [0.717, 1.165) is 24.8 Å². The van der Waals surface area contributed by atoms with Crippen LogP contribution in [0.5, 0.6) is 0 Å². The molecule has 0 bridgehead atoms. The van der Waals surface area contributed by atoms with Gasteiger partial charge in [-0.1, -0.05) is 43.7 Å². The van der Waals surface area contributed by atoms with Crippen LogP contribution in [0.3, 0.4) is 0 Å². The molecule has 1 aromatic rings. The van der Waals surface area contributed by atoms with Gasteiger partial charge in [0, 0.05) is 7.11 Å². The second kappa shape index (κ2) is 8.01. The molecule has 2 unspecified atom stereocenters. The minimum atomic E-state index is -0.688. The molecule has 1 aromatic carbocycles. The highest BCUT2D eigenvalue weighted by Crippen LogP contribution is 2.52. The van der Waals surface area contributed by atoms with Crippen molar-refractivity contribution in [1.29, 1.82) is 0 Å². The molecule has 1 spiro atoms. The SMILES string of the molecule is COCO[C@H]1CCCC(C)C12O[C@@H]1OC(C)(C)O[C@@H]1[C@H]2OCc1ccccc1. The Bertz CT molecular complexity index is 650. The van der Waals surface area contributed by atoms with Crippen molar-refractivity contribution in [2.45, 2.75) is 82.6 Å². The topological polar surface area (TPSA) is 55.4 Å². The third-order valence-corrected chi connectivity index (χ3v) is 6.19. The number of ether oxygens (including phenoxy) is 6. The van der Waals surface area contributed by atoms with Gasteiger partial charge in [-0.05, 0) is 38.2 Å². The van der Waals surface area contributed by atoms with Crippen molar-refractivity contribution in [2.75, 3.05) is 13.9 Å². The summed E-state index contributed by atoms with van der Waals surface area (Å²) < 4.78 is 36.7. The van der Waals surface area contributed by atoms with Crippen LogP contribution in [-0.2, 0) is 35.0 Å². The number of benzene rings is 1. The summed E-state index contributed by atoms with van der Waals surface area (Å²) in [7, 11) is 1.64. The van der Waals surface area contributed by atoms with Crippen molar-refractivity contribution in [3.63, 3.8) is 0 Å². The molecule has 2 saturated heterocycles. The highest BCUT2D eigenvalue weighted by atomic mass is 16.8. The van der Waals surface area contributed by atoms with Crippen molar-refractivity contribution in [2.24, 2.45) is 5.92 Å². The van der Waals surface area contributed by atoms with E-state index < -0.39 is 17.7 Å². The van der Waals surface area contributed by atoms with E-state index in [1.807, 2.05) is 32.0 Å². The Morgan fingerprint density at radius 1 is 1.04 bits per heavy atom. The van der Waals surface area contributed by atoms with Gasteiger partial charge < -0.3 is 28.4 Å². The number of fused-ring (bicyclic) bond motifs is 1. The Kier molecular flexibility index (Phi) is 5.80. The van der Waals surface area contributed by atoms with Gasteiger partial charge >= 0.3 is 0 Å². The first kappa shape index (κ1) is 20.3. The summed E-state index contributed by atoms with van der Waals surface area (Å²) in [4.78, 5) is 0. The van der Waals surface area contributed by atoms with Gasteiger partial charge in [-0.15, -0.1) is 0 Å². The minimum absolute atomic E-state index is 0.127. The van der Waals surface area contributed by atoms with Crippen LogP contribution in [0.1, 0.15) is 45.6 Å². The van der Waals surface area contributed by atoms with Crippen LogP contribution in [0.2, 0.25) is 0 Å². The monoisotopic (exact) mass is 392 g/mol. The molecule has 1 saturated carbocycles. The summed E-state index contributed by atoms with van der Waals surface area (Å²) in [6.07, 6.45) is 1.91. The second-order valence-corrected chi connectivity index (χ2v) is 8.55. The molecule has 28 heavy (non-hydrogen) atoms. The maximum atomic E-state index is 6.62. The predicted octanol–water partition coefficient (Wildman–Crippen LogP) is 3.63. The Balaban J connectivity index is 1.63. The van der Waals surface area contributed by atoms with E-state index in [2.05, 4.69) is 19.1 Å². The van der Waals surface area contributed by atoms with E-state index >= 15 is 0 Å². The fraction of sp³-hybridized carbons (Fsp3) is 0.727. The molecule has 6 nitrogen and oxygen atoms in total. The molecule has 3 fully saturated rings. The molecular weight excluding hydrogens is 360 g/mol. The van der Waals surface area contributed by atoms with Crippen LogP contribution in [-0.4, -0.2) is 49.9 Å². The van der Waals surface area contributed by atoms with Crippen molar-refractivity contribution in [1.82, 2.24) is 0 Å². The van der Waals surface area contributed by atoms with Crippen molar-refractivity contribution >= 4 is 0 Å². The first-order valence-corrected chi connectivity index (χ1v) is 10.3. The van der Waals surface area contributed by atoms with Crippen molar-refractivity contribution in [3.8, 4) is 0 Å². The third-order valence-electron chi connectivity index (χ3n) is 6.19. The molecule has 2 heterocycles. The zero-order valence-corrected chi connectivity index (χ0v) is 17.3. The lowest BCUT2D eigenvalue weighted by molar-refractivity contribution is -0.294. The standard InChI is InChI=1S/C22H32O6/c1-15-9-8-12-17(25-14-23-4)22(15)19(24-13-16-10-6-5-7-11-16)18-20(28-22)27-21(2,3)26-18/h5-7,10-11,15,17-20H,8-9,12-14H2,1-4H3/t15?,17-,18+,19+,20-,22?/m0/s1. The minimum Gasteiger partial charge on any atom is -0.367 e. The van der Waals surface area contributed by atoms with Gasteiger partial charge in [-0.3, -0.25) is 0 Å². The molecule has 2 aliphatic heterocycles. The van der Waals surface area contributed by atoms with E-state index in [-0.39, 0.29) is 31.0 Å². The Morgan fingerprint density at radius 3 is 2.57 bits per heavy atom. The van der Waals surface area contributed by atoms with Gasteiger partial charge in [-0.2, -0.15) is 0 Å². The Hall–Kier alpha value is -1.02. The first-order valence-electron chi connectivity index (χ1n) is 10.3. The number of hydrogen-bond donors (Lipinski definition) is 0. The summed E-state index contributed by atoms with van der Waals surface area (Å²) in [5.41, 5.74) is 0.509. The predicted molar refractivity (Wildman–Crippen MR) is 102 cm³/mol. The quantitative estimate of drug-likeness (QED) is 0.689. The molecule has 0 N–H and O–H groups in total. The zero-order chi connectivity index (χ0) is 19.8. The lowest BCUT2D eigenvalue weighted by Gasteiger charge is -2.48. The van der Waals surface area contributed by atoms with Gasteiger partial charge in [0.1, 0.15) is 24.6 Å². The molecule has 156 valence electrons.